The predicted molar refractivity (Wildman–Crippen MR) is 112 cm³/mol. The fourth-order valence-corrected chi connectivity index (χ4v) is 2.91. The summed E-state index contributed by atoms with van der Waals surface area (Å²) in [6.45, 7) is 6.00. The van der Waals surface area contributed by atoms with E-state index in [9.17, 15) is 13.6 Å². The van der Waals surface area contributed by atoms with Crippen molar-refractivity contribution in [3.63, 3.8) is 0 Å². The molecule has 1 amide bonds. The van der Waals surface area contributed by atoms with Crippen molar-refractivity contribution in [2.75, 3.05) is 28.6 Å². The molecule has 0 fully saturated rings. The first-order valence-corrected chi connectivity index (χ1v) is 9.34. The van der Waals surface area contributed by atoms with Gasteiger partial charge in [-0.2, -0.15) is 0 Å². The van der Waals surface area contributed by atoms with Crippen molar-refractivity contribution in [3.05, 3.63) is 78.0 Å². The molecular weight excluding hydrogens is 374 g/mol. The summed E-state index contributed by atoms with van der Waals surface area (Å²) in [5.41, 5.74) is 2.49. The number of nitrogens with one attached hydrogen (secondary N) is 2. The van der Waals surface area contributed by atoms with Crippen LogP contribution in [0.3, 0.4) is 0 Å². The van der Waals surface area contributed by atoms with Crippen molar-refractivity contribution < 1.29 is 13.6 Å². The van der Waals surface area contributed by atoms with Gasteiger partial charge in [-0.15, -0.1) is 0 Å². The van der Waals surface area contributed by atoms with Crippen LogP contribution in [0.4, 0.5) is 31.7 Å². The summed E-state index contributed by atoms with van der Waals surface area (Å²) in [6, 6.07) is 14.2. The molecule has 2 aromatic carbocycles. The van der Waals surface area contributed by atoms with Gasteiger partial charge in [-0.1, -0.05) is 0 Å². The van der Waals surface area contributed by atoms with Crippen LogP contribution in [0.2, 0.25) is 0 Å². The van der Waals surface area contributed by atoms with E-state index in [0.29, 0.717) is 22.8 Å². The van der Waals surface area contributed by atoms with Crippen molar-refractivity contribution in [2.24, 2.45) is 0 Å². The van der Waals surface area contributed by atoms with Crippen LogP contribution in [0.25, 0.3) is 0 Å². The van der Waals surface area contributed by atoms with Gasteiger partial charge in [0.2, 0.25) is 0 Å². The molecule has 5 nitrogen and oxygen atoms in total. The highest BCUT2D eigenvalue weighted by atomic mass is 19.2. The lowest BCUT2D eigenvalue weighted by molar-refractivity contribution is 0.102. The van der Waals surface area contributed by atoms with Gasteiger partial charge in [0, 0.05) is 48.0 Å². The molecule has 29 heavy (non-hydrogen) atoms. The number of carbonyl (C=O) groups excluding carboxylic acids is 1. The van der Waals surface area contributed by atoms with Gasteiger partial charge in [0.25, 0.3) is 5.91 Å². The van der Waals surface area contributed by atoms with Crippen LogP contribution in [-0.2, 0) is 0 Å². The summed E-state index contributed by atoms with van der Waals surface area (Å²) in [5.74, 6) is -1.84. The maximum Gasteiger partial charge on any atom is 0.255 e. The first kappa shape index (κ1) is 20.3. The largest absolute Gasteiger partial charge is 0.372 e. The van der Waals surface area contributed by atoms with E-state index in [-0.39, 0.29) is 5.91 Å². The van der Waals surface area contributed by atoms with Crippen LogP contribution < -0.4 is 15.5 Å². The number of benzene rings is 2. The van der Waals surface area contributed by atoms with E-state index in [1.807, 2.05) is 24.3 Å². The van der Waals surface area contributed by atoms with Crippen LogP contribution in [0.5, 0.6) is 0 Å². The molecule has 1 heterocycles. The van der Waals surface area contributed by atoms with E-state index in [1.54, 1.807) is 12.1 Å². The lowest BCUT2D eigenvalue weighted by atomic mass is 10.2. The zero-order chi connectivity index (χ0) is 20.8. The van der Waals surface area contributed by atoms with Gasteiger partial charge in [0.1, 0.15) is 5.82 Å². The highest BCUT2D eigenvalue weighted by Gasteiger charge is 2.09. The third-order valence-electron chi connectivity index (χ3n) is 4.47. The predicted octanol–water partition coefficient (Wildman–Crippen LogP) is 5.20. The van der Waals surface area contributed by atoms with Gasteiger partial charge in [0.05, 0.1) is 0 Å². The zero-order valence-corrected chi connectivity index (χ0v) is 16.2. The Labute approximate surface area is 168 Å². The summed E-state index contributed by atoms with van der Waals surface area (Å²) in [7, 11) is 0. The molecule has 7 heteroatoms. The van der Waals surface area contributed by atoms with Crippen LogP contribution in [0.1, 0.15) is 24.2 Å². The minimum absolute atomic E-state index is 0.295. The summed E-state index contributed by atoms with van der Waals surface area (Å²) in [6.07, 6.45) is 1.47. The Morgan fingerprint density at radius 2 is 1.62 bits per heavy atom. The molecule has 0 saturated carbocycles. The normalized spacial score (nSPS) is 10.5. The Hall–Kier alpha value is -3.48. The highest BCUT2D eigenvalue weighted by Crippen LogP contribution is 2.20. The first-order chi connectivity index (χ1) is 14.0. The number of anilines is 4. The molecule has 0 saturated heterocycles. The number of amides is 1. The molecule has 1 aromatic heterocycles. The van der Waals surface area contributed by atoms with Crippen molar-refractivity contribution in [1.82, 2.24) is 4.98 Å². The summed E-state index contributed by atoms with van der Waals surface area (Å²) < 4.78 is 26.4. The maximum atomic E-state index is 13.4. The minimum atomic E-state index is -0.961. The second-order valence-electron chi connectivity index (χ2n) is 6.36. The number of halogens is 2. The molecular formula is C22H22F2N4O. The third kappa shape index (κ3) is 5.07. The van der Waals surface area contributed by atoms with E-state index < -0.39 is 11.6 Å². The SMILES string of the molecule is CCN(CC)c1ccc(NC(=O)c2ccnc(Nc3ccc(F)c(F)c3)c2)cc1. The molecule has 0 aliphatic rings. The first-order valence-electron chi connectivity index (χ1n) is 9.34. The number of aromatic nitrogens is 1. The lowest BCUT2D eigenvalue weighted by Crippen LogP contribution is -2.21. The summed E-state index contributed by atoms with van der Waals surface area (Å²) in [5, 5.41) is 5.71. The average molecular weight is 396 g/mol. The van der Waals surface area contributed by atoms with Gasteiger partial charge in [-0.25, -0.2) is 13.8 Å². The Balaban J connectivity index is 1.69. The number of nitrogens with zero attached hydrogens (tertiary/aromatic N) is 2. The van der Waals surface area contributed by atoms with Crippen LogP contribution in [-0.4, -0.2) is 24.0 Å². The number of hydrogen-bond acceptors (Lipinski definition) is 4. The van der Waals surface area contributed by atoms with Crippen LogP contribution in [0.15, 0.2) is 60.8 Å². The fourth-order valence-electron chi connectivity index (χ4n) is 2.91. The third-order valence-corrected chi connectivity index (χ3v) is 4.47. The van der Waals surface area contributed by atoms with Crippen molar-refractivity contribution in [2.45, 2.75) is 13.8 Å². The molecule has 0 radical (unpaired) electrons. The average Bonchev–Trinajstić information content (AvgIpc) is 2.73. The summed E-state index contributed by atoms with van der Waals surface area (Å²) in [4.78, 5) is 18.9. The fraction of sp³-hybridized carbons (Fsp3) is 0.182. The van der Waals surface area contributed by atoms with Gasteiger partial charge in [0.15, 0.2) is 11.6 Å². The zero-order valence-electron chi connectivity index (χ0n) is 16.2. The maximum absolute atomic E-state index is 13.4. The lowest BCUT2D eigenvalue weighted by Gasteiger charge is -2.21. The second kappa shape index (κ2) is 9.14. The quantitative estimate of drug-likeness (QED) is 0.576. The topological polar surface area (TPSA) is 57.3 Å². The van der Waals surface area contributed by atoms with Gasteiger partial charge in [-0.3, -0.25) is 4.79 Å². The molecule has 0 atom stereocenters. The van der Waals surface area contributed by atoms with E-state index in [1.165, 1.54) is 12.3 Å². The van der Waals surface area contributed by atoms with Gasteiger partial charge < -0.3 is 15.5 Å². The Morgan fingerprint density at radius 1 is 0.931 bits per heavy atom. The van der Waals surface area contributed by atoms with Gasteiger partial charge >= 0.3 is 0 Å². The smallest absolute Gasteiger partial charge is 0.255 e. The second-order valence-corrected chi connectivity index (χ2v) is 6.36. The van der Waals surface area contributed by atoms with Crippen LogP contribution >= 0.6 is 0 Å². The molecule has 3 aromatic rings. The molecule has 0 unspecified atom stereocenters. The molecule has 2 N–H and O–H groups in total. The number of pyridine rings is 1. The molecule has 150 valence electrons. The minimum Gasteiger partial charge on any atom is -0.372 e. The highest BCUT2D eigenvalue weighted by molar-refractivity contribution is 6.04. The van der Waals surface area contributed by atoms with Crippen molar-refractivity contribution in [1.29, 1.82) is 0 Å². The van der Waals surface area contributed by atoms with E-state index >= 15 is 0 Å². The Morgan fingerprint density at radius 3 is 2.28 bits per heavy atom. The van der Waals surface area contributed by atoms with Crippen molar-refractivity contribution in [3.8, 4) is 0 Å². The van der Waals surface area contributed by atoms with E-state index in [0.717, 1.165) is 30.9 Å². The molecule has 0 bridgehead atoms. The van der Waals surface area contributed by atoms with E-state index in [4.69, 9.17) is 0 Å². The number of rotatable bonds is 7. The van der Waals surface area contributed by atoms with Crippen LogP contribution in [0, 0.1) is 11.6 Å². The standard InChI is InChI=1S/C22H22F2N4O/c1-3-28(4-2)18-8-5-16(6-9-18)27-22(29)15-11-12-25-21(13-15)26-17-7-10-19(23)20(24)14-17/h5-14H,3-4H2,1-2H3,(H,25,26)(H,27,29). The Kier molecular flexibility index (Phi) is 6.39. The van der Waals surface area contributed by atoms with Crippen molar-refractivity contribution >= 4 is 28.8 Å². The molecule has 0 aliphatic carbocycles. The number of carbonyl (C=O) groups is 1. The molecule has 3 rings (SSSR count). The van der Waals surface area contributed by atoms with Gasteiger partial charge in [-0.05, 0) is 62.4 Å². The summed E-state index contributed by atoms with van der Waals surface area (Å²) >= 11 is 0. The monoisotopic (exact) mass is 396 g/mol. The van der Waals surface area contributed by atoms with E-state index in [2.05, 4.69) is 34.4 Å². The number of hydrogen-bond donors (Lipinski definition) is 2. The Bertz CT molecular complexity index is 988. The molecule has 0 aliphatic heterocycles. The molecule has 0 spiro atoms.